The molecule has 3 aromatic heterocycles. The molecule has 0 atom stereocenters. The van der Waals surface area contributed by atoms with E-state index in [9.17, 15) is 0 Å². The molecular weight excluding hydrogens is 346 g/mol. The highest BCUT2D eigenvalue weighted by Gasteiger charge is 2.17. The van der Waals surface area contributed by atoms with Crippen molar-refractivity contribution in [3.63, 3.8) is 0 Å². The molecule has 0 spiro atoms. The van der Waals surface area contributed by atoms with Crippen LogP contribution in [0.1, 0.15) is 0 Å². The summed E-state index contributed by atoms with van der Waals surface area (Å²) >= 11 is 1.47. The van der Waals surface area contributed by atoms with Crippen LogP contribution in [-0.4, -0.2) is 31.9 Å². The number of fused-ring (bicyclic) bond motifs is 2. The van der Waals surface area contributed by atoms with Crippen molar-refractivity contribution in [2.75, 3.05) is 7.11 Å². The summed E-state index contributed by atoms with van der Waals surface area (Å²) in [5, 5.41) is 15.2. The van der Waals surface area contributed by atoms with Crippen molar-refractivity contribution in [1.29, 1.82) is 0 Å². The Kier molecular flexibility index (Phi) is 3.39. The standard InChI is InChI=1S/C19H13N5OS/c1-25-16-9-5-3-7-13(16)18-23-24-17(21-22-19(24)26-18)15-11-10-12-6-2-4-8-14(12)20-15/h2-11H,1H3. The van der Waals surface area contributed by atoms with Crippen molar-refractivity contribution >= 4 is 27.2 Å². The minimum atomic E-state index is 0.628. The Bertz CT molecular complexity index is 1240. The lowest BCUT2D eigenvalue weighted by Gasteiger charge is -2.04. The first-order chi connectivity index (χ1) is 12.8. The normalized spacial score (nSPS) is 11.3. The molecule has 0 fully saturated rings. The topological polar surface area (TPSA) is 65.2 Å². The maximum atomic E-state index is 5.44. The van der Waals surface area contributed by atoms with E-state index in [2.05, 4.69) is 10.2 Å². The van der Waals surface area contributed by atoms with Crippen LogP contribution in [0.4, 0.5) is 0 Å². The SMILES string of the molecule is COc1ccccc1-c1nn2c(-c3ccc4ccccc4n3)nnc2s1. The molecule has 2 aromatic carbocycles. The fraction of sp³-hybridized carbons (Fsp3) is 0.0526. The van der Waals surface area contributed by atoms with Gasteiger partial charge in [-0.25, -0.2) is 4.98 Å². The maximum Gasteiger partial charge on any atom is 0.235 e. The van der Waals surface area contributed by atoms with Crippen LogP contribution in [0.25, 0.3) is 38.0 Å². The van der Waals surface area contributed by atoms with E-state index in [1.807, 2.05) is 60.7 Å². The second-order valence-electron chi connectivity index (χ2n) is 5.71. The average Bonchev–Trinajstić information content (AvgIpc) is 3.28. The van der Waals surface area contributed by atoms with Gasteiger partial charge in [-0.2, -0.15) is 9.61 Å². The number of nitrogens with zero attached hydrogens (tertiary/aromatic N) is 5. The van der Waals surface area contributed by atoms with Gasteiger partial charge in [0.15, 0.2) is 5.01 Å². The number of ether oxygens (including phenoxy) is 1. The average molecular weight is 359 g/mol. The zero-order valence-corrected chi connectivity index (χ0v) is 14.6. The van der Waals surface area contributed by atoms with Crippen LogP contribution in [0.15, 0.2) is 60.7 Å². The summed E-state index contributed by atoms with van der Waals surface area (Å²) in [4.78, 5) is 5.42. The molecule has 0 aliphatic heterocycles. The van der Waals surface area contributed by atoms with Gasteiger partial charge in [-0.15, -0.1) is 10.2 Å². The van der Waals surface area contributed by atoms with Gasteiger partial charge in [-0.1, -0.05) is 47.7 Å². The van der Waals surface area contributed by atoms with Gasteiger partial charge in [0, 0.05) is 5.39 Å². The van der Waals surface area contributed by atoms with E-state index >= 15 is 0 Å². The van der Waals surface area contributed by atoms with Gasteiger partial charge in [-0.3, -0.25) is 0 Å². The van der Waals surface area contributed by atoms with E-state index in [0.29, 0.717) is 5.82 Å². The van der Waals surface area contributed by atoms with Gasteiger partial charge >= 0.3 is 0 Å². The molecule has 0 bridgehead atoms. The number of rotatable bonds is 3. The van der Waals surface area contributed by atoms with Crippen molar-refractivity contribution in [3.8, 4) is 27.8 Å². The van der Waals surface area contributed by atoms with Gasteiger partial charge in [-0.05, 0) is 24.3 Å². The molecule has 0 unspecified atom stereocenters. The van der Waals surface area contributed by atoms with Crippen molar-refractivity contribution in [2.45, 2.75) is 0 Å². The van der Waals surface area contributed by atoms with Crippen LogP contribution in [0, 0.1) is 0 Å². The molecule has 126 valence electrons. The first-order valence-electron chi connectivity index (χ1n) is 8.05. The third-order valence-corrected chi connectivity index (χ3v) is 5.09. The first-order valence-corrected chi connectivity index (χ1v) is 8.87. The van der Waals surface area contributed by atoms with Gasteiger partial charge < -0.3 is 4.74 Å². The predicted molar refractivity (Wildman–Crippen MR) is 101 cm³/mol. The van der Waals surface area contributed by atoms with Crippen molar-refractivity contribution in [2.24, 2.45) is 0 Å². The summed E-state index contributed by atoms with van der Waals surface area (Å²) in [5.74, 6) is 1.41. The molecule has 0 aliphatic rings. The van der Waals surface area contributed by atoms with Crippen LogP contribution in [0.5, 0.6) is 5.75 Å². The fourth-order valence-corrected chi connectivity index (χ4v) is 3.77. The number of para-hydroxylation sites is 2. The Labute approximate surface area is 152 Å². The molecule has 26 heavy (non-hydrogen) atoms. The smallest absolute Gasteiger partial charge is 0.235 e. The Morgan fingerprint density at radius 2 is 1.77 bits per heavy atom. The highest BCUT2D eigenvalue weighted by Crippen LogP contribution is 2.33. The van der Waals surface area contributed by atoms with Crippen LogP contribution in [0.3, 0.4) is 0 Å². The van der Waals surface area contributed by atoms with Crippen molar-refractivity contribution in [1.82, 2.24) is 24.8 Å². The maximum absolute atomic E-state index is 5.44. The van der Waals surface area contributed by atoms with Crippen LogP contribution in [-0.2, 0) is 0 Å². The van der Waals surface area contributed by atoms with E-state index in [0.717, 1.165) is 37.9 Å². The summed E-state index contributed by atoms with van der Waals surface area (Å²) < 4.78 is 7.18. The van der Waals surface area contributed by atoms with E-state index in [-0.39, 0.29) is 0 Å². The molecule has 3 heterocycles. The largest absolute Gasteiger partial charge is 0.496 e. The van der Waals surface area contributed by atoms with Gasteiger partial charge in [0.1, 0.15) is 11.4 Å². The highest BCUT2D eigenvalue weighted by atomic mass is 32.1. The number of pyridine rings is 1. The molecule has 0 saturated carbocycles. The zero-order chi connectivity index (χ0) is 17.5. The van der Waals surface area contributed by atoms with E-state index in [1.54, 1.807) is 11.6 Å². The molecular formula is C19H13N5OS. The second kappa shape index (κ2) is 5.89. The van der Waals surface area contributed by atoms with Gasteiger partial charge in [0.05, 0.1) is 18.2 Å². The van der Waals surface area contributed by atoms with Crippen LogP contribution < -0.4 is 4.74 Å². The summed E-state index contributed by atoms with van der Waals surface area (Å²) in [6, 6.07) is 19.8. The monoisotopic (exact) mass is 359 g/mol. The number of aromatic nitrogens is 5. The first kappa shape index (κ1) is 15.0. The van der Waals surface area contributed by atoms with Crippen LogP contribution >= 0.6 is 11.3 Å². The van der Waals surface area contributed by atoms with E-state index in [4.69, 9.17) is 14.8 Å². The molecule has 0 N–H and O–H groups in total. The summed E-state index contributed by atoms with van der Waals surface area (Å²) in [5.41, 5.74) is 2.60. The summed E-state index contributed by atoms with van der Waals surface area (Å²) in [6.45, 7) is 0. The molecule has 0 amide bonds. The minimum absolute atomic E-state index is 0.628. The van der Waals surface area contributed by atoms with E-state index in [1.165, 1.54) is 11.3 Å². The van der Waals surface area contributed by atoms with Gasteiger partial charge in [0.25, 0.3) is 0 Å². The third-order valence-electron chi connectivity index (χ3n) is 4.16. The number of hydrogen-bond acceptors (Lipinski definition) is 6. The molecule has 5 aromatic rings. The quantitative estimate of drug-likeness (QED) is 0.486. The molecule has 5 rings (SSSR count). The lowest BCUT2D eigenvalue weighted by molar-refractivity contribution is 0.416. The number of methoxy groups -OCH3 is 1. The highest BCUT2D eigenvalue weighted by molar-refractivity contribution is 7.19. The van der Waals surface area contributed by atoms with Gasteiger partial charge in [0.2, 0.25) is 10.8 Å². The van der Waals surface area contributed by atoms with Crippen molar-refractivity contribution in [3.05, 3.63) is 60.7 Å². The Hall–Kier alpha value is -3.32. The number of hydrogen-bond donors (Lipinski definition) is 0. The summed E-state index contributed by atoms with van der Waals surface area (Å²) in [6.07, 6.45) is 0. The Morgan fingerprint density at radius 3 is 2.69 bits per heavy atom. The lowest BCUT2D eigenvalue weighted by atomic mass is 10.2. The molecule has 0 saturated heterocycles. The lowest BCUT2D eigenvalue weighted by Crippen LogP contribution is -1.94. The summed E-state index contributed by atoms with van der Waals surface area (Å²) in [7, 11) is 1.66. The molecule has 0 aliphatic carbocycles. The van der Waals surface area contributed by atoms with Crippen LogP contribution in [0.2, 0.25) is 0 Å². The molecule has 7 heteroatoms. The minimum Gasteiger partial charge on any atom is -0.496 e. The Morgan fingerprint density at radius 1 is 0.923 bits per heavy atom. The number of benzene rings is 2. The second-order valence-corrected chi connectivity index (χ2v) is 6.67. The molecule has 6 nitrogen and oxygen atoms in total. The zero-order valence-electron chi connectivity index (χ0n) is 13.8. The van der Waals surface area contributed by atoms with Crippen molar-refractivity contribution < 1.29 is 4.74 Å². The predicted octanol–water partition coefficient (Wildman–Crippen LogP) is 4.08. The molecule has 0 radical (unpaired) electrons. The third kappa shape index (κ3) is 2.33. The fourth-order valence-electron chi connectivity index (χ4n) is 2.90. The van der Waals surface area contributed by atoms with E-state index < -0.39 is 0 Å². The Balaban J connectivity index is 1.66.